The van der Waals surface area contributed by atoms with Crippen LogP contribution in [-0.2, 0) is 0 Å². The van der Waals surface area contributed by atoms with Crippen LogP contribution in [0.3, 0.4) is 0 Å². The first kappa shape index (κ1) is 11.7. The summed E-state index contributed by atoms with van der Waals surface area (Å²) in [4.78, 5) is 4.53. The van der Waals surface area contributed by atoms with Crippen LogP contribution in [0.15, 0.2) is 36.5 Å². The number of aliphatic hydroxyl groups excluding tert-OH is 1. The largest absolute Gasteiger partial charge is 0.393 e. The molecule has 2 atom stereocenters. The minimum atomic E-state index is -0.135. The molecule has 2 heteroatoms. The number of aliphatic hydroxyl groups is 1. The van der Waals surface area contributed by atoms with Gasteiger partial charge in [0, 0.05) is 11.6 Å². The van der Waals surface area contributed by atoms with E-state index in [0.717, 1.165) is 24.8 Å². The number of hydrogen-bond acceptors (Lipinski definition) is 2. The standard InChI is InChI=1S/C16H19NO/c18-15-7-3-1-5-12(10-15)14-9-13-6-2-4-8-16(13)17-11-14/h2,4,6,8-9,11-12,15,18H,1,3,5,7,10H2. The van der Waals surface area contributed by atoms with Crippen LogP contribution in [0.5, 0.6) is 0 Å². The number of pyridine rings is 1. The van der Waals surface area contributed by atoms with Gasteiger partial charge in [-0.05, 0) is 42.9 Å². The summed E-state index contributed by atoms with van der Waals surface area (Å²) in [6, 6.07) is 10.5. The molecule has 1 saturated carbocycles. The van der Waals surface area contributed by atoms with E-state index in [9.17, 15) is 5.11 Å². The van der Waals surface area contributed by atoms with Gasteiger partial charge in [0.05, 0.1) is 11.6 Å². The predicted molar refractivity (Wildman–Crippen MR) is 73.6 cm³/mol. The Kier molecular flexibility index (Phi) is 3.28. The van der Waals surface area contributed by atoms with E-state index in [1.54, 1.807) is 0 Å². The molecule has 2 aromatic rings. The molecular formula is C16H19NO. The lowest BCUT2D eigenvalue weighted by Gasteiger charge is -2.17. The summed E-state index contributed by atoms with van der Waals surface area (Å²) in [5.41, 5.74) is 2.34. The monoisotopic (exact) mass is 241 g/mol. The van der Waals surface area contributed by atoms with Gasteiger partial charge in [0.2, 0.25) is 0 Å². The first-order chi connectivity index (χ1) is 8.83. The summed E-state index contributed by atoms with van der Waals surface area (Å²) in [5.74, 6) is 0.472. The number of rotatable bonds is 1. The quantitative estimate of drug-likeness (QED) is 0.773. The second-order valence-electron chi connectivity index (χ2n) is 5.33. The first-order valence-corrected chi connectivity index (χ1v) is 6.86. The molecule has 1 heterocycles. The maximum Gasteiger partial charge on any atom is 0.0702 e. The maximum atomic E-state index is 9.91. The molecule has 2 nitrogen and oxygen atoms in total. The van der Waals surface area contributed by atoms with Crippen molar-refractivity contribution in [3.63, 3.8) is 0 Å². The smallest absolute Gasteiger partial charge is 0.0702 e. The van der Waals surface area contributed by atoms with Crippen LogP contribution in [0.25, 0.3) is 10.9 Å². The van der Waals surface area contributed by atoms with Crippen molar-refractivity contribution in [2.75, 3.05) is 0 Å². The van der Waals surface area contributed by atoms with Crippen molar-refractivity contribution in [3.05, 3.63) is 42.1 Å². The summed E-state index contributed by atoms with van der Waals surface area (Å²) in [7, 11) is 0. The SMILES string of the molecule is OC1CCCCC(c2cnc3ccccc3c2)C1. The third-order valence-electron chi connectivity index (χ3n) is 3.98. The van der Waals surface area contributed by atoms with Crippen molar-refractivity contribution >= 4 is 10.9 Å². The highest BCUT2D eigenvalue weighted by atomic mass is 16.3. The van der Waals surface area contributed by atoms with E-state index in [-0.39, 0.29) is 6.10 Å². The zero-order valence-corrected chi connectivity index (χ0v) is 10.5. The number of para-hydroxylation sites is 1. The molecule has 18 heavy (non-hydrogen) atoms. The molecule has 1 aliphatic carbocycles. The minimum Gasteiger partial charge on any atom is -0.393 e. The Balaban J connectivity index is 1.92. The number of nitrogens with zero attached hydrogens (tertiary/aromatic N) is 1. The minimum absolute atomic E-state index is 0.135. The molecule has 0 spiro atoms. The molecule has 0 aliphatic heterocycles. The van der Waals surface area contributed by atoms with Gasteiger partial charge in [-0.1, -0.05) is 31.0 Å². The number of benzene rings is 1. The average molecular weight is 241 g/mol. The third kappa shape index (κ3) is 2.39. The highest BCUT2D eigenvalue weighted by molar-refractivity contribution is 5.78. The zero-order valence-electron chi connectivity index (χ0n) is 10.5. The van der Waals surface area contributed by atoms with Crippen molar-refractivity contribution < 1.29 is 5.11 Å². The van der Waals surface area contributed by atoms with Crippen LogP contribution in [0, 0.1) is 0 Å². The molecular weight excluding hydrogens is 222 g/mol. The summed E-state index contributed by atoms with van der Waals surface area (Å²) < 4.78 is 0. The van der Waals surface area contributed by atoms with Crippen molar-refractivity contribution in [1.82, 2.24) is 4.98 Å². The summed E-state index contributed by atoms with van der Waals surface area (Å²) >= 11 is 0. The highest BCUT2D eigenvalue weighted by Crippen LogP contribution is 2.32. The molecule has 0 amide bonds. The molecule has 2 unspecified atom stereocenters. The first-order valence-electron chi connectivity index (χ1n) is 6.86. The Hall–Kier alpha value is -1.41. The fourth-order valence-electron chi connectivity index (χ4n) is 2.95. The average Bonchev–Trinajstić information content (AvgIpc) is 2.63. The Morgan fingerprint density at radius 1 is 1.11 bits per heavy atom. The van der Waals surface area contributed by atoms with E-state index in [1.165, 1.54) is 23.8 Å². The number of aromatic nitrogens is 1. The van der Waals surface area contributed by atoms with Gasteiger partial charge in [0.15, 0.2) is 0 Å². The molecule has 0 radical (unpaired) electrons. The van der Waals surface area contributed by atoms with Crippen LogP contribution in [0.1, 0.15) is 43.6 Å². The summed E-state index contributed by atoms with van der Waals surface area (Å²) in [6.07, 6.45) is 7.25. The van der Waals surface area contributed by atoms with Crippen molar-refractivity contribution in [1.29, 1.82) is 0 Å². The van der Waals surface area contributed by atoms with E-state index in [4.69, 9.17) is 0 Å². The van der Waals surface area contributed by atoms with Gasteiger partial charge in [-0.15, -0.1) is 0 Å². The fourth-order valence-corrected chi connectivity index (χ4v) is 2.95. The Morgan fingerprint density at radius 2 is 1.94 bits per heavy atom. The molecule has 1 aromatic heterocycles. The molecule has 3 rings (SSSR count). The van der Waals surface area contributed by atoms with E-state index < -0.39 is 0 Å². The Labute approximate surface area is 108 Å². The molecule has 1 N–H and O–H groups in total. The lowest BCUT2D eigenvalue weighted by Crippen LogP contribution is -2.09. The Morgan fingerprint density at radius 3 is 2.89 bits per heavy atom. The van der Waals surface area contributed by atoms with Crippen LogP contribution in [0.2, 0.25) is 0 Å². The van der Waals surface area contributed by atoms with E-state index in [0.29, 0.717) is 5.92 Å². The topological polar surface area (TPSA) is 33.1 Å². The predicted octanol–water partition coefficient (Wildman–Crippen LogP) is 3.64. The van der Waals surface area contributed by atoms with Gasteiger partial charge in [-0.2, -0.15) is 0 Å². The van der Waals surface area contributed by atoms with Crippen LogP contribution >= 0.6 is 0 Å². The van der Waals surface area contributed by atoms with E-state index >= 15 is 0 Å². The van der Waals surface area contributed by atoms with Crippen molar-refractivity contribution in [2.24, 2.45) is 0 Å². The second kappa shape index (κ2) is 5.07. The van der Waals surface area contributed by atoms with E-state index in [2.05, 4.69) is 23.2 Å². The molecule has 0 bridgehead atoms. The lowest BCUT2D eigenvalue weighted by atomic mass is 9.91. The van der Waals surface area contributed by atoms with Crippen molar-refractivity contribution in [3.8, 4) is 0 Å². The molecule has 94 valence electrons. The zero-order chi connectivity index (χ0) is 12.4. The van der Waals surface area contributed by atoms with Crippen LogP contribution in [-0.4, -0.2) is 16.2 Å². The lowest BCUT2D eigenvalue weighted by molar-refractivity contribution is 0.152. The highest BCUT2D eigenvalue weighted by Gasteiger charge is 2.20. The summed E-state index contributed by atoms with van der Waals surface area (Å²) in [6.45, 7) is 0. The van der Waals surface area contributed by atoms with Gasteiger partial charge in [-0.25, -0.2) is 0 Å². The fraction of sp³-hybridized carbons (Fsp3) is 0.438. The normalized spacial score (nSPS) is 24.9. The summed E-state index contributed by atoms with van der Waals surface area (Å²) in [5, 5.41) is 11.1. The molecule has 1 fully saturated rings. The maximum absolute atomic E-state index is 9.91. The second-order valence-corrected chi connectivity index (χ2v) is 5.33. The molecule has 1 aliphatic rings. The van der Waals surface area contributed by atoms with Gasteiger partial charge < -0.3 is 5.11 Å². The van der Waals surface area contributed by atoms with Crippen molar-refractivity contribution in [2.45, 2.75) is 44.1 Å². The van der Waals surface area contributed by atoms with Gasteiger partial charge in [0.1, 0.15) is 0 Å². The molecule has 0 saturated heterocycles. The third-order valence-corrected chi connectivity index (χ3v) is 3.98. The number of hydrogen-bond donors (Lipinski definition) is 1. The van der Waals surface area contributed by atoms with Gasteiger partial charge in [-0.3, -0.25) is 4.98 Å². The number of fused-ring (bicyclic) bond motifs is 1. The van der Waals surface area contributed by atoms with Crippen LogP contribution in [0.4, 0.5) is 0 Å². The van der Waals surface area contributed by atoms with Gasteiger partial charge in [0.25, 0.3) is 0 Å². The molecule has 1 aromatic carbocycles. The van der Waals surface area contributed by atoms with E-state index in [1.807, 2.05) is 18.3 Å². The Bertz CT molecular complexity index is 537. The van der Waals surface area contributed by atoms with Crippen LogP contribution < -0.4 is 0 Å². The van der Waals surface area contributed by atoms with Gasteiger partial charge >= 0.3 is 0 Å².